The van der Waals surface area contributed by atoms with Gasteiger partial charge in [-0.15, -0.1) is 0 Å². The molecule has 0 saturated carbocycles. The molecule has 2 aromatic rings. The number of aromatic amines is 1. The van der Waals surface area contributed by atoms with Gasteiger partial charge in [-0.25, -0.2) is 4.98 Å². The molecule has 1 aliphatic heterocycles. The lowest BCUT2D eigenvalue weighted by atomic mass is 10.0. The number of nitrogens with one attached hydrogen (secondary N) is 3. The lowest BCUT2D eigenvalue weighted by molar-refractivity contribution is -0.141. The van der Waals surface area contributed by atoms with E-state index in [4.69, 9.17) is 4.74 Å². The lowest BCUT2D eigenvalue weighted by Gasteiger charge is -2.29. The van der Waals surface area contributed by atoms with Gasteiger partial charge >= 0.3 is 0 Å². The summed E-state index contributed by atoms with van der Waals surface area (Å²) in [7, 11) is 3.13. The van der Waals surface area contributed by atoms with E-state index in [0.717, 1.165) is 5.56 Å². The van der Waals surface area contributed by atoms with Crippen LogP contribution in [0, 0.1) is 0 Å². The quantitative estimate of drug-likeness (QED) is 0.569. The zero-order valence-electron chi connectivity index (χ0n) is 21.0. The van der Waals surface area contributed by atoms with Gasteiger partial charge in [-0.1, -0.05) is 12.1 Å². The molecule has 0 spiro atoms. The summed E-state index contributed by atoms with van der Waals surface area (Å²) < 4.78 is 5.19. The average Bonchev–Trinajstić information content (AvgIpc) is 3.43. The summed E-state index contributed by atoms with van der Waals surface area (Å²) in [5, 5.41) is 5.68. The van der Waals surface area contributed by atoms with Crippen molar-refractivity contribution in [2.75, 3.05) is 33.8 Å². The van der Waals surface area contributed by atoms with Crippen LogP contribution in [-0.4, -0.2) is 89.3 Å². The summed E-state index contributed by atoms with van der Waals surface area (Å²) >= 11 is 0. The third kappa shape index (κ3) is 7.06. The Bertz CT molecular complexity index is 1040. The Morgan fingerprint density at radius 1 is 1.14 bits per heavy atom. The second kappa shape index (κ2) is 12.7. The molecule has 1 aromatic heterocycles. The van der Waals surface area contributed by atoms with Crippen LogP contribution in [0.2, 0.25) is 0 Å². The number of carbonyl (C=O) groups excluding carboxylic acids is 4. The van der Waals surface area contributed by atoms with Crippen LogP contribution in [0.1, 0.15) is 42.2 Å². The van der Waals surface area contributed by atoms with E-state index in [9.17, 15) is 19.2 Å². The zero-order valence-corrected chi connectivity index (χ0v) is 21.0. The molecule has 3 rings (SSSR count). The van der Waals surface area contributed by atoms with E-state index in [-0.39, 0.29) is 36.5 Å². The second-order valence-electron chi connectivity index (χ2n) is 8.80. The molecular weight excluding hydrogens is 464 g/mol. The van der Waals surface area contributed by atoms with Gasteiger partial charge < -0.3 is 30.2 Å². The summed E-state index contributed by atoms with van der Waals surface area (Å²) in [6, 6.07) is 5.67. The summed E-state index contributed by atoms with van der Waals surface area (Å²) in [6.45, 7) is 2.76. The van der Waals surface area contributed by atoms with Crippen molar-refractivity contribution in [3.63, 3.8) is 0 Å². The number of hydrogen-bond donors (Lipinski definition) is 3. The largest absolute Gasteiger partial charge is 0.497 e. The predicted octanol–water partition coefficient (Wildman–Crippen LogP) is 0.735. The van der Waals surface area contributed by atoms with Crippen LogP contribution in [0.3, 0.4) is 0 Å². The maximum atomic E-state index is 13.3. The first-order valence-corrected chi connectivity index (χ1v) is 12.0. The minimum atomic E-state index is -0.848. The van der Waals surface area contributed by atoms with Gasteiger partial charge in [-0.05, 0) is 37.5 Å². The van der Waals surface area contributed by atoms with Crippen molar-refractivity contribution in [2.45, 2.75) is 44.7 Å². The van der Waals surface area contributed by atoms with Gasteiger partial charge in [0.2, 0.25) is 17.7 Å². The fourth-order valence-corrected chi connectivity index (χ4v) is 3.99. The molecular formula is C25H34N6O5. The van der Waals surface area contributed by atoms with Gasteiger partial charge in [0.05, 0.1) is 19.6 Å². The van der Waals surface area contributed by atoms with Crippen LogP contribution in [0.15, 0.2) is 36.8 Å². The van der Waals surface area contributed by atoms with Crippen LogP contribution >= 0.6 is 0 Å². The SMILES string of the molecule is COc1ccc(C[C@@H]2NC(=O)CCCN(C(=O)c3cnc[nH]3)CCCNC(=O)[C@H](C)N(C)C2=O)cc1. The maximum Gasteiger partial charge on any atom is 0.271 e. The van der Waals surface area contributed by atoms with E-state index in [0.29, 0.717) is 43.9 Å². The van der Waals surface area contributed by atoms with Crippen LogP contribution in [0.25, 0.3) is 0 Å². The Balaban J connectivity index is 1.77. The van der Waals surface area contributed by atoms with E-state index in [1.54, 1.807) is 38.1 Å². The summed E-state index contributed by atoms with van der Waals surface area (Å²) in [6.07, 6.45) is 4.26. The molecule has 0 radical (unpaired) electrons. The molecule has 1 fully saturated rings. The fourth-order valence-electron chi connectivity index (χ4n) is 3.99. The van der Waals surface area contributed by atoms with Crippen molar-refractivity contribution in [3.05, 3.63) is 48.0 Å². The van der Waals surface area contributed by atoms with E-state index in [2.05, 4.69) is 20.6 Å². The van der Waals surface area contributed by atoms with Crippen LogP contribution < -0.4 is 15.4 Å². The first kappa shape index (κ1) is 26.7. The Kier molecular flexibility index (Phi) is 9.43. The maximum absolute atomic E-state index is 13.3. The number of aromatic nitrogens is 2. The molecule has 4 amide bonds. The molecule has 1 aromatic carbocycles. The molecule has 1 aliphatic rings. The molecule has 0 unspecified atom stereocenters. The summed E-state index contributed by atoms with van der Waals surface area (Å²) in [5.41, 5.74) is 1.20. The minimum Gasteiger partial charge on any atom is -0.497 e. The molecule has 11 nitrogen and oxygen atoms in total. The number of ether oxygens (including phenoxy) is 1. The fraction of sp³-hybridized carbons (Fsp3) is 0.480. The molecule has 3 N–H and O–H groups in total. The number of benzene rings is 1. The third-order valence-electron chi connectivity index (χ3n) is 6.29. The molecule has 2 atom stereocenters. The van der Waals surface area contributed by atoms with Gasteiger partial charge in [0.25, 0.3) is 5.91 Å². The highest BCUT2D eigenvalue weighted by atomic mass is 16.5. The van der Waals surface area contributed by atoms with Gasteiger partial charge in [-0.2, -0.15) is 0 Å². The molecule has 2 heterocycles. The number of likely N-dealkylation sites (N-methyl/N-ethyl adjacent to an activating group) is 1. The van der Waals surface area contributed by atoms with Crippen molar-refractivity contribution < 1.29 is 23.9 Å². The highest BCUT2D eigenvalue weighted by molar-refractivity contribution is 5.93. The highest BCUT2D eigenvalue weighted by Crippen LogP contribution is 2.14. The van der Waals surface area contributed by atoms with E-state index in [1.807, 2.05) is 12.1 Å². The number of methoxy groups -OCH3 is 1. The van der Waals surface area contributed by atoms with Gasteiger partial charge in [-0.3, -0.25) is 19.2 Å². The van der Waals surface area contributed by atoms with E-state index < -0.39 is 12.1 Å². The van der Waals surface area contributed by atoms with Crippen LogP contribution in [0.5, 0.6) is 5.75 Å². The van der Waals surface area contributed by atoms with Crippen molar-refractivity contribution in [1.82, 2.24) is 30.4 Å². The summed E-state index contributed by atoms with van der Waals surface area (Å²) in [5.74, 6) is -0.484. The van der Waals surface area contributed by atoms with Gasteiger partial charge in [0.15, 0.2) is 0 Å². The Morgan fingerprint density at radius 2 is 1.86 bits per heavy atom. The first-order valence-electron chi connectivity index (χ1n) is 12.0. The van der Waals surface area contributed by atoms with Crippen LogP contribution in [-0.2, 0) is 20.8 Å². The number of rotatable bonds is 4. The number of hydrogen-bond acceptors (Lipinski definition) is 6. The average molecular weight is 499 g/mol. The Labute approximate surface area is 210 Å². The minimum absolute atomic E-state index is 0.148. The zero-order chi connectivity index (χ0) is 26.1. The van der Waals surface area contributed by atoms with Crippen molar-refractivity contribution >= 4 is 23.6 Å². The second-order valence-corrected chi connectivity index (χ2v) is 8.80. The molecule has 11 heteroatoms. The smallest absolute Gasteiger partial charge is 0.271 e. The number of H-pyrrole nitrogens is 1. The monoisotopic (exact) mass is 498 g/mol. The van der Waals surface area contributed by atoms with E-state index in [1.165, 1.54) is 17.4 Å². The number of nitrogens with zero attached hydrogens (tertiary/aromatic N) is 3. The molecule has 36 heavy (non-hydrogen) atoms. The van der Waals surface area contributed by atoms with Crippen molar-refractivity contribution in [3.8, 4) is 5.75 Å². The van der Waals surface area contributed by atoms with Crippen LogP contribution in [0.4, 0.5) is 0 Å². The van der Waals surface area contributed by atoms with Crippen molar-refractivity contribution in [1.29, 1.82) is 0 Å². The Morgan fingerprint density at radius 3 is 2.53 bits per heavy atom. The predicted molar refractivity (Wildman–Crippen MR) is 132 cm³/mol. The van der Waals surface area contributed by atoms with E-state index >= 15 is 0 Å². The Hall–Kier alpha value is -3.89. The molecule has 194 valence electrons. The number of carbonyl (C=O) groups is 4. The summed E-state index contributed by atoms with van der Waals surface area (Å²) in [4.78, 5) is 61.4. The topological polar surface area (TPSA) is 137 Å². The lowest BCUT2D eigenvalue weighted by Crippen LogP contribution is -2.54. The third-order valence-corrected chi connectivity index (χ3v) is 6.29. The highest BCUT2D eigenvalue weighted by Gasteiger charge is 2.30. The number of amides is 4. The normalized spacial score (nSPS) is 20.7. The molecule has 0 aliphatic carbocycles. The first-order chi connectivity index (χ1) is 17.3. The molecule has 0 bridgehead atoms. The molecule has 1 saturated heterocycles. The van der Waals surface area contributed by atoms with Gasteiger partial charge in [0.1, 0.15) is 23.5 Å². The van der Waals surface area contributed by atoms with Gasteiger partial charge in [0, 0.05) is 39.5 Å². The standard InChI is InChI=1S/C25H34N6O5/c1-17-23(33)27-11-5-13-31(25(35)21-15-26-16-28-21)12-4-6-22(32)29-20(24(34)30(17)2)14-18-7-9-19(36-3)10-8-18/h7-10,15-17,20H,4-6,11-14H2,1-3H3,(H,26,28)(H,27,33)(H,29,32)/t17-,20-/m0/s1. The number of imidazole rings is 1. The van der Waals surface area contributed by atoms with Crippen molar-refractivity contribution in [2.24, 2.45) is 0 Å².